The van der Waals surface area contributed by atoms with Crippen LogP contribution >= 0.6 is 0 Å². The molecule has 0 fully saturated rings. The van der Waals surface area contributed by atoms with Crippen LogP contribution in [-0.2, 0) is 9.59 Å². The molecule has 0 saturated carbocycles. The van der Waals surface area contributed by atoms with Gasteiger partial charge in [-0.25, -0.2) is 5.48 Å². The number of rotatable bonds is 8. The zero-order valence-corrected chi connectivity index (χ0v) is 16.3. The van der Waals surface area contributed by atoms with Crippen LogP contribution in [0, 0.1) is 0 Å². The molecule has 3 atom stereocenters. The van der Waals surface area contributed by atoms with Crippen molar-refractivity contribution < 1.29 is 24.7 Å². The van der Waals surface area contributed by atoms with Crippen LogP contribution < -0.4 is 27.6 Å². The molecule has 0 bridgehead atoms. The molecule has 2 rings (SSSR count). The lowest BCUT2D eigenvalue weighted by atomic mass is 10.0. The van der Waals surface area contributed by atoms with E-state index in [1.807, 2.05) is 0 Å². The Hall–Kier alpha value is -3.31. The molecule has 9 N–H and O–H groups in total. The zero-order valence-electron chi connectivity index (χ0n) is 16.3. The predicted octanol–water partition coefficient (Wildman–Crippen LogP) is -0.437. The largest absolute Gasteiger partial charge is 0.391 e. The standard InChI is InChI=1S/C20H25N5O5/c1-11(26)17(22)20(29)23-15-8-6-13(7-9-15)12-2-4-14(5-3-12)18(27)24-16(10-21)19(28)25-30/h2-9,11,16-17,26,30H,10,21-22H2,1H3,(H,23,29)(H,24,27)(H,25,28)/t11?,16-,17-/m0/s1. The number of carbonyl (C=O) groups excluding carboxylic acids is 3. The van der Waals surface area contributed by atoms with Gasteiger partial charge >= 0.3 is 0 Å². The number of carbonyl (C=O) groups is 3. The molecule has 3 amide bonds. The van der Waals surface area contributed by atoms with Crippen LogP contribution in [0.3, 0.4) is 0 Å². The zero-order chi connectivity index (χ0) is 22.3. The minimum Gasteiger partial charge on any atom is -0.391 e. The third-order valence-electron chi connectivity index (χ3n) is 4.42. The second-order valence-corrected chi connectivity index (χ2v) is 6.65. The summed E-state index contributed by atoms with van der Waals surface area (Å²) in [5.74, 6) is -1.80. The normalized spacial score (nSPS) is 13.6. The highest BCUT2D eigenvalue weighted by molar-refractivity contribution is 5.98. The molecule has 2 aromatic rings. The topological polar surface area (TPSA) is 180 Å². The number of hydrogen-bond donors (Lipinski definition) is 7. The van der Waals surface area contributed by atoms with Crippen molar-refractivity contribution in [2.45, 2.75) is 25.1 Å². The second kappa shape index (κ2) is 10.5. The van der Waals surface area contributed by atoms with E-state index in [-0.39, 0.29) is 6.54 Å². The molecule has 30 heavy (non-hydrogen) atoms. The van der Waals surface area contributed by atoms with Crippen molar-refractivity contribution in [1.82, 2.24) is 10.8 Å². The Labute approximate surface area is 173 Å². The fraction of sp³-hybridized carbons (Fsp3) is 0.250. The van der Waals surface area contributed by atoms with Gasteiger partial charge in [-0.05, 0) is 42.3 Å². The lowest BCUT2D eigenvalue weighted by Gasteiger charge is -2.15. The summed E-state index contributed by atoms with van der Waals surface area (Å²) in [7, 11) is 0. The highest BCUT2D eigenvalue weighted by Crippen LogP contribution is 2.22. The van der Waals surface area contributed by atoms with Crippen molar-refractivity contribution in [3.63, 3.8) is 0 Å². The fourth-order valence-corrected chi connectivity index (χ4v) is 2.56. The van der Waals surface area contributed by atoms with E-state index in [4.69, 9.17) is 16.7 Å². The molecule has 160 valence electrons. The SMILES string of the molecule is CC(O)[C@H](N)C(=O)Nc1ccc(-c2ccc(C(=O)N[C@@H](CN)C(=O)NO)cc2)cc1. The van der Waals surface area contributed by atoms with E-state index in [9.17, 15) is 19.5 Å². The molecule has 10 nitrogen and oxygen atoms in total. The van der Waals surface area contributed by atoms with Crippen molar-refractivity contribution in [3.8, 4) is 11.1 Å². The van der Waals surface area contributed by atoms with Crippen LogP contribution in [0.1, 0.15) is 17.3 Å². The average molecular weight is 415 g/mol. The summed E-state index contributed by atoms with van der Waals surface area (Å²) in [6.07, 6.45) is -0.960. The van der Waals surface area contributed by atoms with Gasteiger partial charge in [-0.3, -0.25) is 19.6 Å². The average Bonchev–Trinajstić information content (AvgIpc) is 2.76. The van der Waals surface area contributed by atoms with E-state index in [1.165, 1.54) is 12.4 Å². The number of nitrogens with two attached hydrogens (primary N) is 2. The van der Waals surface area contributed by atoms with E-state index in [0.29, 0.717) is 11.3 Å². The van der Waals surface area contributed by atoms with Crippen molar-refractivity contribution in [3.05, 3.63) is 54.1 Å². The van der Waals surface area contributed by atoms with Gasteiger partial charge in [-0.15, -0.1) is 0 Å². The maximum absolute atomic E-state index is 12.2. The third-order valence-corrected chi connectivity index (χ3v) is 4.42. The predicted molar refractivity (Wildman–Crippen MR) is 110 cm³/mol. The summed E-state index contributed by atoms with van der Waals surface area (Å²) >= 11 is 0. The minimum atomic E-state index is -1.05. The quantitative estimate of drug-likeness (QED) is 0.225. The Kier molecular flexibility index (Phi) is 8.01. The van der Waals surface area contributed by atoms with Gasteiger partial charge in [0.1, 0.15) is 12.1 Å². The summed E-state index contributed by atoms with van der Waals surface area (Å²) in [6, 6.07) is 11.5. The van der Waals surface area contributed by atoms with Gasteiger partial charge in [-0.1, -0.05) is 24.3 Å². The Bertz CT molecular complexity index is 883. The maximum atomic E-state index is 12.2. The number of aliphatic hydroxyl groups excluding tert-OH is 1. The van der Waals surface area contributed by atoms with Crippen molar-refractivity contribution in [2.24, 2.45) is 11.5 Å². The molecule has 0 aliphatic heterocycles. The van der Waals surface area contributed by atoms with Gasteiger partial charge < -0.3 is 27.2 Å². The van der Waals surface area contributed by atoms with Crippen molar-refractivity contribution >= 4 is 23.4 Å². The number of nitrogens with one attached hydrogen (secondary N) is 3. The summed E-state index contributed by atoms with van der Waals surface area (Å²) in [6.45, 7) is 1.27. The third kappa shape index (κ3) is 5.84. The first-order valence-electron chi connectivity index (χ1n) is 9.16. The lowest BCUT2D eigenvalue weighted by Crippen LogP contribution is -2.50. The van der Waals surface area contributed by atoms with E-state index in [1.54, 1.807) is 48.5 Å². The van der Waals surface area contributed by atoms with Crippen molar-refractivity contribution in [2.75, 3.05) is 11.9 Å². The summed E-state index contributed by atoms with van der Waals surface area (Å²) in [5, 5.41) is 23.1. The molecule has 10 heteroatoms. The summed E-state index contributed by atoms with van der Waals surface area (Å²) in [4.78, 5) is 35.5. The number of aliphatic hydroxyl groups is 1. The van der Waals surface area contributed by atoms with Crippen LogP contribution in [0.4, 0.5) is 5.69 Å². The number of hydroxylamine groups is 1. The first kappa shape index (κ1) is 23.0. The minimum absolute atomic E-state index is 0.165. The fourth-order valence-electron chi connectivity index (χ4n) is 2.56. The second-order valence-electron chi connectivity index (χ2n) is 6.65. The molecule has 0 saturated heterocycles. The van der Waals surface area contributed by atoms with E-state index >= 15 is 0 Å². The van der Waals surface area contributed by atoms with Gasteiger partial charge in [-0.2, -0.15) is 0 Å². The summed E-state index contributed by atoms with van der Waals surface area (Å²) in [5.41, 5.74) is 15.0. The highest BCUT2D eigenvalue weighted by Gasteiger charge is 2.20. The molecule has 0 radical (unpaired) electrons. The van der Waals surface area contributed by atoms with Crippen LogP contribution in [0.25, 0.3) is 11.1 Å². The smallest absolute Gasteiger partial charge is 0.267 e. The Morgan fingerprint density at radius 1 is 0.967 bits per heavy atom. The number of benzene rings is 2. The first-order valence-corrected chi connectivity index (χ1v) is 9.16. The molecular weight excluding hydrogens is 390 g/mol. The van der Waals surface area contributed by atoms with Gasteiger partial charge in [0.15, 0.2) is 0 Å². The molecule has 0 spiro atoms. The summed E-state index contributed by atoms with van der Waals surface area (Å²) < 4.78 is 0. The number of hydrogen-bond acceptors (Lipinski definition) is 7. The van der Waals surface area contributed by atoms with Gasteiger partial charge in [0.25, 0.3) is 11.8 Å². The van der Waals surface area contributed by atoms with Crippen LogP contribution in [0.5, 0.6) is 0 Å². The Balaban J connectivity index is 2.05. The van der Waals surface area contributed by atoms with Gasteiger partial charge in [0, 0.05) is 17.8 Å². The lowest BCUT2D eigenvalue weighted by molar-refractivity contribution is -0.130. The highest BCUT2D eigenvalue weighted by atomic mass is 16.5. The maximum Gasteiger partial charge on any atom is 0.267 e. The first-order chi connectivity index (χ1) is 14.3. The van der Waals surface area contributed by atoms with Gasteiger partial charge in [0.05, 0.1) is 6.10 Å². The number of amides is 3. The van der Waals surface area contributed by atoms with E-state index in [0.717, 1.165) is 11.1 Å². The van der Waals surface area contributed by atoms with E-state index in [2.05, 4.69) is 10.6 Å². The van der Waals surface area contributed by atoms with Gasteiger partial charge in [0.2, 0.25) is 5.91 Å². The molecule has 0 aromatic heterocycles. The van der Waals surface area contributed by atoms with Crippen LogP contribution in [0.2, 0.25) is 0 Å². The Morgan fingerprint density at radius 2 is 1.50 bits per heavy atom. The molecule has 0 aliphatic carbocycles. The van der Waals surface area contributed by atoms with Crippen LogP contribution in [0.15, 0.2) is 48.5 Å². The number of anilines is 1. The molecule has 0 aliphatic rings. The van der Waals surface area contributed by atoms with Crippen LogP contribution in [-0.4, -0.2) is 52.8 Å². The Morgan fingerprint density at radius 3 is 1.97 bits per heavy atom. The monoisotopic (exact) mass is 415 g/mol. The molecule has 2 aromatic carbocycles. The van der Waals surface area contributed by atoms with Crippen molar-refractivity contribution in [1.29, 1.82) is 0 Å². The molecular formula is C20H25N5O5. The van der Waals surface area contributed by atoms with E-state index < -0.39 is 35.9 Å². The molecule has 0 heterocycles. The molecule has 1 unspecified atom stereocenters.